The largest absolute Gasteiger partial charge is 0.492 e. The van der Waals surface area contributed by atoms with Gasteiger partial charge in [-0.2, -0.15) is 0 Å². The molecule has 2 fully saturated rings. The normalized spacial score (nSPS) is 22.1. The summed E-state index contributed by atoms with van der Waals surface area (Å²) in [6.07, 6.45) is 1.17. The van der Waals surface area contributed by atoms with E-state index in [1.54, 1.807) is 0 Å². The number of hydrogen-bond donors (Lipinski definition) is 1. The summed E-state index contributed by atoms with van der Waals surface area (Å²) in [7, 11) is 1.84. The Morgan fingerprint density at radius 2 is 2.04 bits per heavy atom. The number of rotatable bonds is 5. The van der Waals surface area contributed by atoms with Crippen LogP contribution in [0.3, 0.4) is 0 Å². The van der Waals surface area contributed by atoms with Crippen molar-refractivity contribution in [1.82, 2.24) is 15.1 Å². The molecule has 4 rings (SSSR count). The van der Waals surface area contributed by atoms with Gasteiger partial charge < -0.3 is 29.2 Å². The second kappa shape index (κ2) is 10.4. The van der Waals surface area contributed by atoms with Crippen molar-refractivity contribution in [1.29, 1.82) is 0 Å². The maximum Gasteiger partial charge on any atom is 0.231 e. The molecule has 0 spiro atoms. The first-order valence-corrected chi connectivity index (χ1v) is 9.63. The fourth-order valence-corrected chi connectivity index (χ4v) is 3.81. The maximum atomic E-state index is 5.81. The Hall–Kier alpha value is -1.46. The lowest BCUT2D eigenvalue weighted by Gasteiger charge is -2.32. The van der Waals surface area contributed by atoms with E-state index in [0.29, 0.717) is 19.2 Å². The van der Waals surface area contributed by atoms with Gasteiger partial charge in [0.2, 0.25) is 6.79 Å². The van der Waals surface area contributed by atoms with Gasteiger partial charge in [0.15, 0.2) is 17.5 Å². The second-order valence-electron chi connectivity index (χ2n) is 6.87. The number of fused-ring (bicyclic) bond motifs is 1. The highest BCUT2D eigenvalue weighted by atomic mass is 127. The van der Waals surface area contributed by atoms with Gasteiger partial charge in [0.05, 0.1) is 19.8 Å². The molecular weight excluding hydrogens is 475 g/mol. The summed E-state index contributed by atoms with van der Waals surface area (Å²) < 4.78 is 22.0. The van der Waals surface area contributed by atoms with Crippen LogP contribution in [0.1, 0.15) is 6.42 Å². The molecule has 0 aromatic heterocycles. The number of likely N-dealkylation sites (tertiary alicyclic amines) is 1. The molecule has 3 aliphatic rings. The van der Waals surface area contributed by atoms with Crippen LogP contribution in [0, 0.1) is 0 Å². The van der Waals surface area contributed by atoms with Crippen molar-refractivity contribution >= 4 is 29.9 Å². The number of guanidine groups is 1. The van der Waals surface area contributed by atoms with E-state index in [2.05, 4.69) is 20.1 Å². The summed E-state index contributed by atoms with van der Waals surface area (Å²) in [6.45, 7) is 7.34. The van der Waals surface area contributed by atoms with Gasteiger partial charge in [-0.05, 0) is 18.6 Å². The molecule has 1 unspecified atom stereocenters. The molecule has 3 aliphatic heterocycles. The number of benzene rings is 1. The summed E-state index contributed by atoms with van der Waals surface area (Å²) in [4.78, 5) is 9.31. The predicted molar refractivity (Wildman–Crippen MR) is 117 cm³/mol. The zero-order valence-corrected chi connectivity index (χ0v) is 18.6. The van der Waals surface area contributed by atoms with Crippen molar-refractivity contribution in [2.45, 2.75) is 12.5 Å². The van der Waals surface area contributed by atoms with Crippen molar-refractivity contribution in [3.63, 3.8) is 0 Å². The van der Waals surface area contributed by atoms with Gasteiger partial charge in [0.25, 0.3) is 0 Å². The SMILES string of the molecule is CN=C(NCCOc1ccc2c(c1)OCO2)N1CCC(N2CCOCC2)C1.I. The third-order valence-electron chi connectivity index (χ3n) is 5.23. The highest BCUT2D eigenvalue weighted by molar-refractivity contribution is 14.0. The van der Waals surface area contributed by atoms with Gasteiger partial charge >= 0.3 is 0 Å². The van der Waals surface area contributed by atoms with Gasteiger partial charge in [-0.3, -0.25) is 9.89 Å². The highest BCUT2D eigenvalue weighted by Crippen LogP contribution is 2.34. The number of nitrogens with one attached hydrogen (secondary N) is 1. The Morgan fingerprint density at radius 1 is 1.21 bits per heavy atom. The van der Waals surface area contributed by atoms with Crippen molar-refractivity contribution < 1.29 is 18.9 Å². The van der Waals surface area contributed by atoms with Crippen LogP contribution in [0.2, 0.25) is 0 Å². The lowest BCUT2D eigenvalue weighted by molar-refractivity contribution is 0.0195. The summed E-state index contributed by atoms with van der Waals surface area (Å²) in [5.41, 5.74) is 0. The quantitative estimate of drug-likeness (QED) is 0.282. The molecule has 28 heavy (non-hydrogen) atoms. The molecular formula is C19H29IN4O4. The molecule has 9 heteroatoms. The monoisotopic (exact) mass is 504 g/mol. The van der Waals surface area contributed by atoms with Crippen molar-refractivity contribution in [3.05, 3.63) is 18.2 Å². The second-order valence-corrected chi connectivity index (χ2v) is 6.87. The fourth-order valence-electron chi connectivity index (χ4n) is 3.81. The molecule has 0 saturated carbocycles. The first-order chi connectivity index (χ1) is 13.3. The maximum absolute atomic E-state index is 5.81. The molecule has 0 aliphatic carbocycles. The summed E-state index contributed by atoms with van der Waals surface area (Å²) in [6, 6.07) is 6.23. The average Bonchev–Trinajstić information content (AvgIpc) is 3.38. The average molecular weight is 504 g/mol. The number of halogens is 1. The zero-order chi connectivity index (χ0) is 18.5. The molecule has 1 aromatic carbocycles. The first-order valence-electron chi connectivity index (χ1n) is 9.63. The minimum absolute atomic E-state index is 0. The van der Waals surface area contributed by atoms with Crippen LogP contribution in [-0.4, -0.2) is 88.2 Å². The van der Waals surface area contributed by atoms with Crippen LogP contribution < -0.4 is 19.5 Å². The smallest absolute Gasteiger partial charge is 0.231 e. The Labute approximate surface area is 183 Å². The van der Waals surface area contributed by atoms with E-state index in [-0.39, 0.29) is 30.8 Å². The van der Waals surface area contributed by atoms with Gasteiger partial charge in [0.1, 0.15) is 12.4 Å². The van der Waals surface area contributed by atoms with Crippen LogP contribution in [0.25, 0.3) is 0 Å². The molecule has 0 radical (unpaired) electrons. The lowest BCUT2D eigenvalue weighted by Crippen LogP contribution is -2.47. The van der Waals surface area contributed by atoms with E-state index in [0.717, 1.165) is 62.6 Å². The molecule has 8 nitrogen and oxygen atoms in total. The van der Waals surface area contributed by atoms with Crippen molar-refractivity contribution in [3.8, 4) is 17.2 Å². The Morgan fingerprint density at radius 3 is 2.86 bits per heavy atom. The number of nitrogens with zero attached hydrogens (tertiary/aromatic N) is 3. The third-order valence-corrected chi connectivity index (χ3v) is 5.23. The standard InChI is InChI=1S/C19H28N4O4.HI/c1-20-19(23-6-4-15(13-23)22-7-10-24-11-8-22)21-5-9-25-16-2-3-17-18(12-16)27-14-26-17;/h2-3,12,15H,4-11,13-14H2,1H3,(H,20,21);1H. The van der Waals surface area contributed by atoms with E-state index < -0.39 is 0 Å². The fraction of sp³-hybridized carbons (Fsp3) is 0.632. The highest BCUT2D eigenvalue weighted by Gasteiger charge is 2.30. The first kappa shape index (κ1) is 21.3. The van der Waals surface area contributed by atoms with Crippen molar-refractivity contribution in [2.75, 3.05) is 66.4 Å². The van der Waals surface area contributed by atoms with Crippen LogP contribution >= 0.6 is 24.0 Å². The number of morpholine rings is 1. The minimum atomic E-state index is 0. The minimum Gasteiger partial charge on any atom is -0.492 e. The third kappa shape index (κ3) is 5.12. The van der Waals surface area contributed by atoms with Gasteiger partial charge in [-0.15, -0.1) is 24.0 Å². The molecule has 156 valence electrons. The number of ether oxygens (including phenoxy) is 4. The van der Waals surface area contributed by atoms with Gasteiger partial charge in [-0.25, -0.2) is 0 Å². The summed E-state index contributed by atoms with van der Waals surface area (Å²) in [5, 5.41) is 3.41. The molecule has 1 atom stereocenters. The summed E-state index contributed by atoms with van der Waals surface area (Å²) >= 11 is 0. The predicted octanol–water partition coefficient (Wildman–Crippen LogP) is 1.39. The Kier molecular flexibility index (Phi) is 7.86. The van der Waals surface area contributed by atoms with Crippen LogP contribution in [0.4, 0.5) is 0 Å². The van der Waals surface area contributed by atoms with E-state index in [9.17, 15) is 0 Å². The van der Waals surface area contributed by atoms with Crippen molar-refractivity contribution in [2.24, 2.45) is 4.99 Å². The molecule has 1 aromatic rings. The molecule has 0 amide bonds. The van der Waals surface area contributed by atoms with Gasteiger partial charge in [0, 0.05) is 45.3 Å². The van der Waals surface area contributed by atoms with Crippen LogP contribution in [0.5, 0.6) is 17.2 Å². The van der Waals surface area contributed by atoms with Gasteiger partial charge in [-0.1, -0.05) is 0 Å². The molecule has 2 saturated heterocycles. The number of aliphatic imine (C=N–C) groups is 1. The topological polar surface area (TPSA) is 67.8 Å². The molecule has 3 heterocycles. The summed E-state index contributed by atoms with van der Waals surface area (Å²) in [5.74, 6) is 3.23. The van der Waals surface area contributed by atoms with Crippen LogP contribution in [0.15, 0.2) is 23.2 Å². The number of hydrogen-bond acceptors (Lipinski definition) is 6. The Balaban J connectivity index is 0.00000225. The Bertz CT molecular complexity index is 669. The molecule has 0 bridgehead atoms. The van der Waals surface area contributed by atoms with Crippen LogP contribution in [-0.2, 0) is 4.74 Å². The molecule has 1 N–H and O–H groups in total. The van der Waals surface area contributed by atoms with E-state index in [4.69, 9.17) is 18.9 Å². The lowest BCUT2D eigenvalue weighted by atomic mass is 10.2. The van der Waals surface area contributed by atoms with E-state index in [1.807, 2.05) is 25.2 Å². The van der Waals surface area contributed by atoms with E-state index in [1.165, 1.54) is 6.42 Å². The zero-order valence-electron chi connectivity index (χ0n) is 16.3. The van der Waals surface area contributed by atoms with E-state index >= 15 is 0 Å².